The maximum atomic E-state index is 12.2. The van der Waals surface area contributed by atoms with Crippen LogP contribution in [0.25, 0.3) is 0 Å². The fraction of sp³-hybridized carbons (Fsp3) is 0.368. The smallest absolute Gasteiger partial charge is 0.251 e. The minimum Gasteiger partial charge on any atom is -0.497 e. The number of hydrogen-bond acceptors (Lipinski definition) is 4. The van der Waals surface area contributed by atoms with Crippen molar-refractivity contribution in [1.29, 1.82) is 0 Å². The van der Waals surface area contributed by atoms with Crippen molar-refractivity contribution in [2.75, 3.05) is 26.7 Å². The van der Waals surface area contributed by atoms with Crippen LogP contribution < -0.4 is 20.7 Å². The monoisotopic (exact) mass is 502 g/mol. The first-order chi connectivity index (χ1) is 12.6. The van der Waals surface area contributed by atoms with Gasteiger partial charge in [-0.1, -0.05) is 6.07 Å². The summed E-state index contributed by atoms with van der Waals surface area (Å²) < 4.78 is 5.14. The number of amides is 1. The van der Waals surface area contributed by atoms with Gasteiger partial charge in [-0.05, 0) is 44.2 Å². The molecule has 0 spiro atoms. The molecule has 2 rings (SSSR count). The number of ether oxygens (including phenoxy) is 1. The Labute approximate surface area is 181 Å². The van der Waals surface area contributed by atoms with Crippen LogP contribution in [0.15, 0.2) is 41.4 Å². The number of carbonyl (C=O) groups excluding carboxylic acids is 1. The average molecular weight is 502 g/mol. The quantitative estimate of drug-likeness (QED) is 0.225. The van der Waals surface area contributed by atoms with E-state index < -0.39 is 0 Å². The first-order valence-electron chi connectivity index (χ1n) is 8.62. The molecule has 27 heavy (non-hydrogen) atoms. The Morgan fingerprint density at radius 2 is 1.93 bits per heavy atom. The van der Waals surface area contributed by atoms with Gasteiger partial charge in [0.2, 0.25) is 0 Å². The van der Waals surface area contributed by atoms with Gasteiger partial charge < -0.3 is 20.7 Å². The van der Waals surface area contributed by atoms with Crippen LogP contribution in [0, 0.1) is 6.92 Å². The molecule has 3 N–H and O–H groups in total. The van der Waals surface area contributed by atoms with Crippen LogP contribution in [-0.4, -0.2) is 38.6 Å². The SMILES string of the molecule is CCNC(=NCc1ccc(C)s1)NCCNC(=O)c1cccc(OC)c1.I. The number of rotatable bonds is 8. The second kappa shape index (κ2) is 12.6. The van der Waals surface area contributed by atoms with Crippen LogP contribution in [0.5, 0.6) is 5.75 Å². The van der Waals surface area contributed by atoms with E-state index >= 15 is 0 Å². The molecule has 0 aliphatic heterocycles. The Balaban J connectivity index is 0.00000364. The highest BCUT2D eigenvalue weighted by Gasteiger charge is 2.06. The molecule has 0 saturated carbocycles. The zero-order valence-corrected chi connectivity index (χ0v) is 19.0. The number of guanidine groups is 1. The zero-order chi connectivity index (χ0) is 18.8. The highest BCUT2D eigenvalue weighted by Crippen LogP contribution is 2.15. The van der Waals surface area contributed by atoms with Gasteiger partial charge in [0.15, 0.2) is 5.96 Å². The van der Waals surface area contributed by atoms with Crippen molar-refractivity contribution < 1.29 is 9.53 Å². The molecule has 0 fully saturated rings. The molecule has 0 aliphatic carbocycles. The maximum absolute atomic E-state index is 12.2. The highest BCUT2D eigenvalue weighted by molar-refractivity contribution is 14.0. The number of halogens is 1. The summed E-state index contributed by atoms with van der Waals surface area (Å²) in [5.41, 5.74) is 0.581. The molecule has 0 saturated heterocycles. The number of aryl methyl sites for hydroxylation is 1. The summed E-state index contributed by atoms with van der Waals surface area (Å²) >= 11 is 1.75. The van der Waals surface area contributed by atoms with E-state index in [0.717, 1.165) is 12.5 Å². The van der Waals surface area contributed by atoms with Gasteiger partial charge in [0.05, 0.1) is 13.7 Å². The molecule has 1 amide bonds. The third-order valence-electron chi connectivity index (χ3n) is 3.57. The second-order valence-electron chi connectivity index (χ2n) is 5.62. The normalized spacial score (nSPS) is 10.7. The van der Waals surface area contributed by atoms with Gasteiger partial charge in [0.25, 0.3) is 5.91 Å². The number of nitrogens with one attached hydrogen (secondary N) is 3. The van der Waals surface area contributed by atoms with Gasteiger partial charge >= 0.3 is 0 Å². The summed E-state index contributed by atoms with van der Waals surface area (Å²) in [5, 5.41) is 9.33. The summed E-state index contributed by atoms with van der Waals surface area (Å²) in [6.45, 7) is 6.63. The lowest BCUT2D eigenvalue weighted by molar-refractivity contribution is 0.0954. The van der Waals surface area contributed by atoms with Gasteiger partial charge in [-0.3, -0.25) is 4.79 Å². The molecule has 148 valence electrons. The lowest BCUT2D eigenvalue weighted by Crippen LogP contribution is -2.41. The summed E-state index contributed by atoms with van der Waals surface area (Å²) in [6, 6.07) is 11.3. The number of methoxy groups -OCH3 is 1. The predicted molar refractivity (Wildman–Crippen MR) is 123 cm³/mol. The molecule has 0 atom stereocenters. The van der Waals surface area contributed by atoms with Crippen molar-refractivity contribution in [3.63, 3.8) is 0 Å². The highest BCUT2D eigenvalue weighted by atomic mass is 127. The lowest BCUT2D eigenvalue weighted by atomic mass is 10.2. The van der Waals surface area contributed by atoms with Crippen molar-refractivity contribution >= 4 is 47.2 Å². The van der Waals surface area contributed by atoms with Crippen molar-refractivity contribution in [2.24, 2.45) is 4.99 Å². The van der Waals surface area contributed by atoms with E-state index in [2.05, 4.69) is 40.0 Å². The van der Waals surface area contributed by atoms with E-state index in [1.165, 1.54) is 9.75 Å². The van der Waals surface area contributed by atoms with Crippen LogP contribution >= 0.6 is 35.3 Å². The number of nitrogens with zero attached hydrogens (tertiary/aromatic N) is 1. The molecule has 0 radical (unpaired) electrons. The molecule has 0 bridgehead atoms. The first-order valence-corrected chi connectivity index (χ1v) is 9.43. The predicted octanol–water partition coefficient (Wildman–Crippen LogP) is 3.17. The molecule has 1 aromatic carbocycles. The number of aliphatic imine (C=N–C) groups is 1. The zero-order valence-electron chi connectivity index (χ0n) is 15.9. The fourth-order valence-corrected chi connectivity index (χ4v) is 3.11. The Morgan fingerprint density at radius 1 is 1.15 bits per heavy atom. The molecule has 2 aromatic rings. The third-order valence-corrected chi connectivity index (χ3v) is 4.55. The summed E-state index contributed by atoms with van der Waals surface area (Å²) in [5.74, 6) is 1.29. The van der Waals surface area contributed by atoms with E-state index in [1.807, 2.05) is 13.0 Å². The Hall–Kier alpha value is -1.81. The van der Waals surface area contributed by atoms with Gasteiger partial charge in [-0.25, -0.2) is 4.99 Å². The molecule has 1 heterocycles. The molecule has 1 aromatic heterocycles. The van der Waals surface area contributed by atoms with Crippen LogP contribution in [-0.2, 0) is 6.54 Å². The molecule has 0 unspecified atom stereocenters. The summed E-state index contributed by atoms with van der Waals surface area (Å²) in [6.07, 6.45) is 0. The van der Waals surface area contributed by atoms with Gasteiger partial charge in [0, 0.05) is 35.0 Å². The van der Waals surface area contributed by atoms with Crippen LogP contribution in [0.3, 0.4) is 0 Å². The average Bonchev–Trinajstić information content (AvgIpc) is 3.08. The van der Waals surface area contributed by atoms with Crippen LogP contribution in [0.4, 0.5) is 0 Å². The van der Waals surface area contributed by atoms with Crippen molar-refractivity contribution in [3.8, 4) is 5.75 Å². The van der Waals surface area contributed by atoms with Crippen LogP contribution in [0.2, 0.25) is 0 Å². The van der Waals surface area contributed by atoms with Gasteiger partial charge in [0.1, 0.15) is 5.75 Å². The number of thiophene rings is 1. The maximum Gasteiger partial charge on any atom is 0.251 e. The minimum atomic E-state index is -0.123. The topological polar surface area (TPSA) is 74.8 Å². The lowest BCUT2D eigenvalue weighted by Gasteiger charge is -2.12. The van der Waals surface area contributed by atoms with Crippen molar-refractivity contribution in [1.82, 2.24) is 16.0 Å². The van der Waals surface area contributed by atoms with Gasteiger partial charge in [-0.2, -0.15) is 0 Å². The Morgan fingerprint density at radius 3 is 2.59 bits per heavy atom. The minimum absolute atomic E-state index is 0. The Kier molecular flexibility index (Phi) is 10.8. The largest absolute Gasteiger partial charge is 0.497 e. The third kappa shape index (κ3) is 8.17. The van der Waals surface area contributed by atoms with Gasteiger partial charge in [-0.15, -0.1) is 35.3 Å². The molecular weight excluding hydrogens is 475 g/mol. The number of benzene rings is 1. The van der Waals surface area contributed by atoms with E-state index in [-0.39, 0.29) is 29.9 Å². The second-order valence-corrected chi connectivity index (χ2v) is 6.99. The molecule has 6 nitrogen and oxygen atoms in total. The summed E-state index contributed by atoms with van der Waals surface area (Å²) in [7, 11) is 1.58. The number of hydrogen-bond donors (Lipinski definition) is 3. The first kappa shape index (κ1) is 23.2. The van der Waals surface area contributed by atoms with Crippen LogP contribution in [0.1, 0.15) is 27.0 Å². The Bertz CT molecular complexity index is 749. The van der Waals surface area contributed by atoms with E-state index in [4.69, 9.17) is 4.74 Å². The molecule has 0 aliphatic rings. The molecule has 8 heteroatoms. The van der Waals surface area contributed by atoms with Crippen molar-refractivity contribution in [3.05, 3.63) is 51.7 Å². The number of carbonyl (C=O) groups is 1. The van der Waals surface area contributed by atoms with Crippen molar-refractivity contribution in [2.45, 2.75) is 20.4 Å². The van der Waals surface area contributed by atoms with E-state index in [1.54, 1.807) is 36.6 Å². The standard InChI is InChI=1S/C19H26N4O2S.HI/c1-4-20-19(23-13-17-9-8-14(2)26-17)22-11-10-21-18(24)15-6-5-7-16(12-15)25-3;/h5-9,12H,4,10-11,13H2,1-3H3,(H,21,24)(H2,20,22,23);1H. The fourth-order valence-electron chi connectivity index (χ4n) is 2.29. The van der Waals surface area contributed by atoms with E-state index in [0.29, 0.717) is 30.9 Å². The summed E-state index contributed by atoms with van der Waals surface area (Å²) in [4.78, 5) is 19.2. The molecular formula is C19H27IN4O2S. The van der Waals surface area contributed by atoms with E-state index in [9.17, 15) is 4.79 Å².